The highest BCUT2D eigenvalue weighted by Crippen LogP contribution is 2.34. The van der Waals surface area contributed by atoms with Crippen LogP contribution in [-0.2, 0) is 14.9 Å². The molecule has 0 radical (unpaired) electrons. The van der Waals surface area contributed by atoms with Gasteiger partial charge in [0.25, 0.3) is 0 Å². The number of benzene rings is 1. The molecule has 28 heavy (non-hydrogen) atoms. The van der Waals surface area contributed by atoms with Crippen molar-refractivity contribution in [3.8, 4) is 0 Å². The Balaban J connectivity index is 0.00000392. The van der Waals surface area contributed by atoms with Crippen LogP contribution in [-0.4, -0.2) is 50.8 Å². The molecule has 1 aliphatic heterocycles. The highest BCUT2D eigenvalue weighted by Gasteiger charge is 2.34. The number of rotatable bonds is 5. The fourth-order valence-electron chi connectivity index (χ4n) is 3.23. The first kappa shape index (κ1) is 24.6. The van der Waals surface area contributed by atoms with E-state index in [1.807, 2.05) is 32.9 Å². The normalized spacial score (nSPS) is 16.7. The quantitative estimate of drug-likeness (QED) is 0.326. The lowest BCUT2D eigenvalue weighted by Crippen LogP contribution is -2.51. The summed E-state index contributed by atoms with van der Waals surface area (Å²) in [6.45, 7) is 7.92. The van der Waals surface area contributed by atoms with Gasteiger partial charge < -0.3 is 20.7 Å². The van der Waals surface area contributed by atoms with Crippen molar-refractivity contribution in [1.82, 2.24) is 16.0 Å². The van der Waals surface area contributed by atoms with Crippen LogP contribution in [0.3, 0.4) is 0 Å². The molecule has 1 fully saturated rings. The van der Waals surface area contributed by atoms with Crippen LogP contribution in [0.4, 0.5) is 4.39 Å². The molecule has 8 heteroatoms. The van der Waals surface area contributed by atoms with Crippen LogP contribution in [0.2, 0.25) is 0 Å². The van der Waals surface area contributed by atoms with E-state index in [4.69, 9.17) is 4.74 Å². The van der Waals surface area contributed by atoms with Crippen LogP contribution in [0.1, 0.15) is 39.2 Å². The molecule has 1 heterocycles. The molecule has 0 aliphatic carbocycles. The smallest absolute Gasteiger partial charge is 0.239 e. The van der Waals surface area contributed by atoms with E-state index in [1.165, 1.54) is 12.1 Å². The summed E-state index contributed by atoms with van der Waals surface area (Å²) in [6.07, 6.45) is 1.68. The van der Waals surface area contributed by atoms with Crippen molar-refractivity contribution in [3.63, 3.8) is 0 Å². The number of carbonyl (C=O) groups is 1. The van der Waals surface area contributed by atoms with Crippen LogP contribution in [0.15, 0.2) is 29.3 Å². The standard InChI is InChI=1S/C20H31FN4O2.HI/c1-19(2,3)25-17(26)13-23-18(22-4)24-14-20(9-11-27-12-10-20)15-5-7-16(21)8-6-15;/h5-8H,9-14H2,1-4H3,(H,25,26)(H2,22,23,24);1H. The number of guanidine groups is 1. The number of nitrogens with one attached hydrogen (secondary N) is 3. The van der Waals surface area contributed by atoms with E-state index in [2.05, 4.69) is 20.9 Å². The zero-order chi connectivity index (χ0) is 19.9. The molecule has 0 spiro atoms. The first-order valence-corrected chi connectivity index (χ1v) is 9.33. The Hall–Kier alpha value is -1.42. The molecule has 1 aromatic carbocycles. The Labute approximate surface area is 184 Å². The summed E-state index contributed by atoms with van der Waals surface area (Å²) in [5, 5.41) is 9.27. The second kappa shape index (κ2) is 10.9. The van der Waals surface area contributed by atoms with E-state index >= 15 is 0 Å². The average molecular weight is 506 g/mol. The molecule has 1 aliphatic rings. The van der Waals surface area contributed by atoms with Crippen molar-refractivity contribution in [2.24, 2.45) is 4.99 Å². The van der Waals surface area contributed by atoms with Gasteiger partial charge in [-0.15, -0.1) is 24.0 Å². The molecular formula is C20H32FIN4O2. The molecule has 0 aromatic heterocycles. The molecule has 0 unspecified atom stereocenters. The topological polar surface area (TPSA) is 74.8 Å². The van der Waals surface area contributed by atoms with Crippen molar-refractivity contribution in [2.75, 3.05) is 33.4 Å². The third kappa shape index (κ3) is 7.54. The zero-order valence-electron chi connectivity index (χ0n) is 17.1. The maximum Gasteiger partial charge on any atom is 0.239 e. The SMILES string of the molecule is CN=C(NCC(=O)NC(C)(C)C)NCC1(c2ccc(F)cc2)CCOCC1.I. The first-order valence-electron chi connectivity index (χ1n) is 9.33. The number of hydrogen-bond donors (Lipinski definition) is 3. The minimum Gasteiger partial charge on any atom is -0.381 e. The molecule has 3 N–H and O–H groups in total. The number of carbonyl (C=O) groups excluding carboxylic acids is 1. The summed E-state index contributed by atoms with van der Waals surface area (Å²) in [5.41, 5.74) is 0.655. The van der Waals surface area contributed by atoms with Crippen LogP contribution in [0.25, 0.3) is 0 Å². The van der Waals surface area contributed by atoms with Crippen molar-refractivity contribution in [2.45, 2.75) is 44.6 Å². The Bertz CT molecular complexity index is 653. The minimum atomic E-state index is -0.273. The van der Waals surface area contributed by atoms with Gasteiger partial charge in [0.15, 0.2) is 5.96 Å². The number of hydrogen-bond acceptors (Lipinski definition) is 3. The average Bonchev–Trinajstić information content (AvgIpc) is 2.61. The van der Waals surface area contributed by atoms with Gasteiger partial charge in [0, 0.05) is 37.8 Å². The first-order chi connectivity index (χ1) is 12.7. The molecular weight excluding hydrogens is 474 g/mol. The highest BCUT2D eigenvalue weighted by molar-refractivity contribution is 14.0. The molecule has 0 bridgehead atoms. The van der Waals surface area contributed by atoms with Crippen LogP contribution in [0, 0.1) is 5.82 Å². The molecule has 1 amide bonds. The van der Waals surface area contributed by atoms with Crippen LogP contribution < -0.4 is 16.0 Å². The lowest BCUT2D eigenvalue weighted by Gasteiger charge is -2.38. The van der Waals surface area contributed by atoms with E-state index in [0.29, 0.717) is 25.7 Å². The number of halogens is 2. The van der Waals surface area contributed by atoms with E-state index < -0.39 is 0 Å². The maximum absolute atomic E-state index is 13.3. The van der Waals surface area contributed by atoms with Gasteiger partial charge in [-0.2, -0.15) is 0 Å². The number of ether oxygens (including phenoxy) is 1. The Morgan fingerprint density at radius 3 is 2.32 bits per heavy atom. The summed E-state index contributed by atoms with van der Waals surface area (Å²) in [5.74, 6) is 0.230. The Morgan fingerprint density at radius 2 is 1.79 bits per heavy atom. The molecule has 1 aromatic rings. The van der Waals surface area contributed by atoms with Crippen molar-refractivity contribution in [1.29, 1.82) is 0 Å². The van der Waals surface area contributed by atoms with Crippen molar-refractivity contribution >= 4 is 35.8 Å². The molecule has 0 saturated carbocycles. The summed E-state index contributed by atoms with van der Waals surface area (Å²) in [7, 11) is 1.67. The summed E-state index contributed by atoms with van der Waals surface area (Å²) >= 11 is 0. The summed E-state index contributed by atoms with van der Waals surface area (Å²) < 4.78 is 18.9. The van der Waals surface area contributed by atoms with Gasteiger partial charge in [0.05, 0.1) is 6.54 Å². The van der Waals surface area contributed by atoms with Crippen molar-refractivity contribution in [3.05, 3.63) is 35.6 Å². The lowest BCUT2D eigenvalue weighted by molar-refractivity contribution is -0.121. The number of nitrogens with zero attached hydrogens (tertiary/aromatic N) is 1. The predicted octanol–water partition coefficient (Wildman–Crippen LogP) is 2.57. The van der Waals surface area contributed by atoms with Crippen LogP contribution >= 0.6 is 24.0 Å². The third-order valence-corrected chi connectivity index (χ3v) is 4.66. The van der Waals surface area contributed by atoms with Crippen molar-refractivity contribution < 1.29 is 13.9 Å². The molecule has 6 nitrogen and oxygen atoms in total. The highest BCUT2D eigenvalue weighted by atomic mass is 127. The second-order valence-corrected chi connectivity index (χ2v) is 7.98. The van der Waals surface area contributed by atoms with Gasteiger partial charge in [0.2, 0.25) is 5.91 Å². The summed E-state index contributed by atoms with van der Waals surface area (Å²) in [4.78, 5) is 16.2. The van der Waals surface area contributed by atoms with Gasteiger partial charge in [-0.3, -0.25) is 9.79 Å². The van der Waals surface area contributed by atoms with Gasteiger partial charge >= 0.3 is 0 Å². The number of aliphatic imine (C=N–C) groups is 1. The van der Waals surface area contributed by atoms with E-state index in [9.17, 15) is 9.18 Å². The predicted molar refractivity (Wildman–Crippen MR) is 121 cm³/mol. The fraction of sp³-hybridized carbons (Fsp3) is 0.600. The molecule has 158 valence electrons. The molecule has 2 rings (SSSR count). The lowest BCUT2D eigenvalue weighted by atomic mass is 9.74. The van der Waals surface area contributed by atoms with Gasteiger partial charge in [-0.05, 0) is 51.3 Å². The van der Waals surface area contributed by atoms with Gasteiger partial charge in [-0.1, -0.05) is 12.1 Å². The minimum absolute atomic E-state index is 0. The Morgan fingerprint density at radius 1 is 1.18 bits per heavy atom. The molecule has 0 atom stereocenters. The Kier molecular flexibility index (Phi) is 9.62. The van der Waals surface area contributed by atoms with E-state index in [-0.39, 0.29) is 53.2 Å². The zero-order valence-corrected chi connectivity index (χ0v) is 19.4. The van der Waals surface area contributed by atoms with Crippen LogP contribution in [0.5, 0.6) is 0 Å². The molecule has 1 saturated heterocycles. The fourth-order valence-corrected chi connectivity index (χ4v) is 3.23. The second-order valence-electron chi connectivity index (χ2n) is 7.98. The summed E-state index contributed by atoms with van der Waals surface area (Å²) in [6, 6.07) is 6.68. The van der Waals surface area contributed by atoms with E-state index in [0.717, 1.165) is 18.4 Å². The third-order valence-electron chi connectivity index (χ3n) is 4.66. The maximum atomic E-state index is 13.3. The number of amides is 1. The van der Waals surface area contributed by atoms with Gasteiger partial charge in [-0.25, -0.2) is 4.39 Å². The monoisotopic (exact) mass is 506 g/mol. The van der Waals surface area contributed by atoms with E-state index in [1.54, 1.807) is 7.05 Å². The largest absolute Gasteiger partial charge is 0.381 e. The van der Waals surface area contributed by atoms with Gasteiger partial charge in [0.1, 0.15) is 5.82 Å².